The highest BCUT2D eigenvalue weighted by molar-refractivity contribution is 5.84. The standard InChI is InChI=1S/C11H16N2O2/c1-7(2)9-4-8(6-13-12)10(14)5-11(9)15-3/h4-7,14H,12H2,1-3H3/b13-6+. The molecule has 0 aliphatic heterocycles. The van der Waals surface area contributed by atoms with Crippen LogP contribution in [-0.4, -0.2) is 18.4 Å². The fourth-order valence-electron chi connectivity index (χ4n) is 1.42. The van der Waals surface area contributed by atoms with Crippen molar-refractivity contribution in [3.05, 3.63) is 23.3 Å². The summed E-state index contributed by atoms with van der Waals surface area (Å²) in [5.41, 5.74) is 1.62. The molecule has 0 aromatic heterocycles. The molecule has 0 unspecified atom stereocenters. The summed E-state index contributed by atoms with van der Waals surface area (Å²) < 4.78 is 5.18. The predicted molar refractivity (Wildman–Crippen MR) is 60.5 cm³/mol. The second-order valence-corrected chi connectivity index (χ2v) is 3.59. The third kappa shape index (κ3) is 2.40. The number of benzene rings is 1. The first kappa shape index (κ1) is 11.4. The zero-order valence-electron chi connectivity index (χ0n) is 9.19. The Labute approximate surface area is 89.4 Å². The third-order valence-corrected chi connectivity index (χ3v) is 2.21. The highest BCUT2D eigenvalue weighted by atomic mass is 16.5. The van der Waals surface area contributed by atoms with Gasteiger partial charge in [-0.25, -0.2) is 0 Å². The van der Waals surface area contributed by atoms with E-state index in [2.05, 4.69) is 18.9 Å². The number of methoxy groups -OCH3 is 1. The minimum absolute atomic E-state index is 0.116. The predicted octanol–water partition coefficient (Wildman–Crippen LogP) is 1.82. The molecule has 0 fully saturated rings. The molecule has 4 heteroatoms. The number of ether oxygens (including phenoxy) is 1. The van der Waals surface area contributed by atoms with Crippen LogP contribution in [-0.2, 0) is 0 Å². The van der Waals surface area contributed by atoms with Crippen LogP contribution < -0.4 is 10.6 Å². The molecule has 0 saturated carbocycles. The fraction of sp³-hybridized carbons (Fsp3) is 0.364. The lowest BCUT2D eigenvalue weighted by atomic mass is 9.99. The molecule has 3 N–H and O–H groups in total. The van der Waals surface area contributed by atoms with Crippen LogP contribution in [0.2, 0.25) is 0 Å². The van der Waals surface area contributed by atoms with E-state index >= 15 is 0 Å². The van der Waals surface area contributed by atoms with Crippen LogP contribution >= 0.6 is 0 Å². The normalized spacial score (nSPS) is 11.2. The first-order chi connectivity index (χ1) is 7.10. The van der Waals surface area contributed by atoms with Gasteiger partial charge in [0.25, 0.3) is 0 Å². The molecule has 0 bridgehead atoms. The first-order valence-corrected chi connectivity index (χ1v) is 4.74. The Bertz CT molecular complexity index is 373. The third-order valence-electron chi connectivity index (χ3n) is 2.21. The van der Waals surface area contributed by atoms with Crippen molar-refractivity contribution in [3.63, 3.8) is 0 Å². The highest BCUT2D eigenvalue weighted by Gasteiger charge is 2.11. The summed E-state index contributed by atoms with van der Waals surface area (Å²) in [5, 5.41) is 13.0. The molecule has 0 radical (unpaired) electrons. The zero-order valence-corrected chi connectivity index (χ0v) is 9.19. The number of hydrogen-bond acceptors (Lipinski definition) is 4. The lowest BCUT2D eigenvalue weighted by Crippen LogP contribution is -1.97. The molecule has 82 valence electrons. The van der Waals surface area contributed by atoms with Gasteiger partial charge in [-0.15, -0.1) is 0 Å². The van der Waals surface area contributed by atoms with Crippen molar-refractivity contribution >= 4 is 6.21 Å². The summed E-state index contributed by atoms with van der Waals surface area (Å²) >= 11 is 0. The van der Waals surface area contributed by atoms with Crippen molar-refractivity contribution in [1.82, 2.24) is 0 Å². The average Bonchev–Trinajstić information content (AvgIpc) is 2.20. The lowest BCUT2D eigenvalue weighted by Gasteiger charge is -2.13. The number of hydrogen-bond donors (Lipinski definition) is 2. The Morgan fingerprint density at radius 1 is 1.47 bits per heavy atom. The topological polar surface area (TPSA) is 67.8 Å². The highest BCUT2D eigenvalue weighted by Crippen LogP contribution is 2.32. The van der Waals surface area contributed by atoms with Crippen LogP contribution in [0.3, 0.4) is 0 Å². The fourth-order valence-corrected chi connectivity index (χ4v) is 1.42. The minimum Gasteiger partial charge on any atom is -0.507 e. The van der Waals surface area contributed by atoms with Crippen LogP contribution in [0.4, 0.5) is 0 Å². The summed E-state index contributed by atoms with van der Waals surface area (Å²) in [6.07, 6.45) is 1.42. The van der Waals surface area contributed by atoms with Crippen LogP contribution in [0, 0.1) is 0 Å². The monoisotopic (exact) mass is 208 g/mol. The van der Waals surface area contributed by atoms with Gasteiger partial charge in [-0.2, -0.15) is 5.10 Å². The van der Waals surface area contributed by atoms with Gasteiger partial charge in [-0.3, -0.25) is 0 Å². The van der Waals surface area contributed by atoms with Gasteiger partial charge < -0.3 is 15.7 Å². The Morgan fingerprint density at radius 3 is 2.60 bits per heavy atom. The summed E-state index contributed by atoms with van der Waals surface area (Å²) in [6.45, 7) is 4.11. The van der Waals surface area contributed by atoms with Crippen molar-refractivity contribution in [3.8, 4) is 11.5 Å². The molecule has 0 saturated heterocycles. The molecular weight excluding hydrogens is 192 g/mol. The van der Waals surface area contributed by atoms with Crippen LogP contribution in [0.15, 0.2) is 17.2 Å². The number of phenolic OH excluding ortho intramolecular Hbond substituents is 1. The smallest absolute Gasteiger partial charge is 0.128 e. The summed E-state index contributed by atoms with van der Waals surface area (Å²) in [6, 6.07) is 3.40. The van der Waals surface area contributed by atoms with E-state index in [0.29, 0.717) is 17.2 Å². The van der Waals surface area contributed by atoms with E-state index in [-0.39, 0.29) is 5.75 Å². The molecule has 4 nitrogen and oxygen atoms in total. The largest absolute Gasteiger partial charge is 0.507 e. The Kier molecular flexibility index (Phi) is 3.55. The van der Waals surface area contributed by atoms with E-state index in [1.807, 2.05) is 6.07 Å². The molecule has 0 spiro atoms. The molecule has 15 heavy (non-hydrogen) atoms. The van der Waals surface area contributed by atoms with E-state index in [1.54, 1.807) is 13.2 Å². The Balaban J connectivity index is 3.30. The quantitative estimate of drug-likeness (QED) is 0.452. The number of phenols is 1. The van der Waals surface area contributed by atoms with Gasteiger partial charge in [0.1, 0.15) is 11.5 Å². The van der Waals surface area contributed by atoms with Crippen LogP contribution in [0.25, 0.3) is 0 Å². The second kappa shape index (κ2) is 4.68. The Morgan fingerprint density at radius 2 is 2.13 bits per heavy atom. The number of nitrogens with zero attached hydrogens (tertiary/aromatic N) is 1. The maximum absolute atomic E-state index is 9.63. The van der Waals surface area contributed by atoms with Crippen molar-refractivity contribution in [2.24, 2.45) is 10.9 Å². The number of hydrazone groups is 1. The van der Waals surface area contributed by atoms with E-state index in [4.69, 9.17) is 10.6 Å². The van der Waals surface area contributed by atoms with Gasteiger partial charge in [-0.05, 0) is 17.5 Å². The maximum Gasteiger partial charge on any atom is 0.128 e. The van der Waals surface area contributed by atoms with Gasteiger partial charge in [0.2, 0.25) is 0 Å². The second-order valence-electron chi connectivity index (χ2n) is 3.59. The van der Waals surface area contributed by atoms with Gasteiger partial charge in [0.05, 0.1) is 13.3 Å². The van der Waals surface area contributed by atoms with Crippen molar-refractivity contribution < 1.29 is 9.84 Å². The lowest BCUT2D eigenvalue weighted by molar-refractivity contribution is 0.400. The van der Waals surface area contributed by atoms with Crippen molar-refractivity contribution in [2.45, 2.75) is 19.8 Å². The molecule has 0 atom stereocenters. The summed E-state index contributed by atoms with van der Waals surface area (Å²) in [4.78, 5) is 0. The van der Waals surface area contributed by atoms with E-state index in [0.717, 1.165) is 5.56 Å². The zero-order chi connectivity index (χ0) is 11.4. The van der Waals surface area contributed by atoms with Gasteiger partial charge in [-0.1, -0.05) is 13.8 Å². The molecule has 0 amide bonds. The van der Waals surface area contributed by atoms with Gasteiger partial charge >= 0.3 is 0 Å². The van der Waals surface area contributed by atoms with E-state index in [9.17, 15) is 5.11 Å². The minimum atomic E-state index is 0.116. The molecule has 0 heterocycles. The van der Waals surface area contributed by atoms with Gasteiger partial charge in [0, 0.05) is 11.6 Å². The van der Waals surface area contributed by atoms with E-state index in [1.165, 1.54) is 6.21 Å². The number of rotatable bonds is 3. The van der Waals surface area contributed by atoms with Crippen molar-refractivity contribution in [2.75, 3.05) is 7.11 Å². The molecule has 1 rings (SSSR count). The van der Waals surface area contributed by atoms with Crippen LogP contribution in [0.1, 0.15) is 30.9 Å². The number of nitrogens with two attached hydrogens (primary N) is 1. The maximum atomic E-state index is 9.63. The first-order valence-electron chi connectivity index (χ1n) is 4.74. The molecule has 0 aliphatic rings. The molecule has 1 aromatic rings. The number of aromatic hydroxyl groups is 1. The Hall–Kier alpha value is -1.71. The SMILES string of the molecule is COc1cc(O)c(/C=N/N)cc1C(C)C. The average molecular weight is 208 g/mol. The molecular formula is C11H16N2O2. The molecule has 0 aliphatic carbocycles. The van der Waals surface area contributed by atoms with E-state index < -0.39 is 0 Å². The summed E-state index contributed by atoms with van der Waals surface area (Å²) in [7, 11) is 1.58. The van der Waals surface area contributed by atoms with Crippen molar-refractivity contribution in [1.29, 1.82) is 0 Å². The molecule has 1 aromatic carbocycles. The van der Waals surface area contributed by atoms with Gasteiger partial charge in [0.15, 0.2) is 0 Å². The van der Waals surface area contributed by atoms with Crippen LogP contribution in [0.5, 0.6) is 11.5 Å². The summed E-state index contributed by atoms with van der Waals surface area (Å²) in [5.74, 6) is 6.16.